The molecule has 11 heteroatoms. The second kappa shape index (κ2) is 17.8. The van der Waals surface area contributed by atoms with Crippen molar-refractivity contribution in [3.05, 3.63) is 35.4 Å². The monoisotopic (exact) mass is 566 g/mol. The molecule has 0 radical (unpaired) electrons. The summed E-state index contributed by atoms with van der Waals surface area (Å²) in [4.78, 5) is 31.5. The van der Waals surface area contributed by atoms with Gasteiger partial charge in [-0.15, -0.1) is 11.8 Å². The highest BCUT2D eigenvalue weighted by Crippen LogP contribution is 2.22. The standard InChI is InChI=1S/C14H22N2O2S.C13H20N2O3S/c1-5-7-19-13-9-11(14(17)18-4)8-12(16-13)15-10(3)6-2;1-4-6-19(18)12-8-10(13(16)17)7-11(15-12)14-9(3)5-2/h8-10H,5-7H2,1-4H3,(H,15,16);7-9H,4-6H2,1-3H3,(H,14,15)(H,16,17). The van der Waals surface area contributed by atoms with Crippen molar-refractivity contribution in [2.24, 2.45) is 0 Å². The Hall–Kier alpha value is -2.66. The second-order valence-corrected chi connectivity index (χ2v) is 11.4. The number of rotatable bonds is 14. The number of anilines is 2. The number of pyridine rings is 2. The lowest BCUT2D eigenvalue weighted by Crippen LogP contribution is -2.16. The molecule has 0 aliphatic carbocycles. The molecule has 2 rings (SSSR count). The molecule has 0 aromatic carbocycles. The van der Waals surface area contributed by atoms with Crippen LogP contribution in [0.1, 0.15) is 87.9 Å². The van der Waals surface area contributed by atoms with Gasteiger partial charge in [-0.25, -0.2) is 19.6 Å². The lowest BCUT2D eigenvalue weighted by atomic mass is 10.2. The number of hydrogen-bond donors (Lipinski definition) is 3. The number of carboxylic acid groups (broad SMARTS) is 1. The second-order valence-electron chi connectivity index (χ2n) is 8.76. The average Bonchev–Trinajstić information content (AvgIpc) is 2.91. The number of aromatic carboxylic acids is 1. The molecule has 3 atom stereocenters. The van der Waals surface area contributed by atoms with Gasteiger partial charge in [0.1, 0.15) is 16.7 Å². The van der Waals surface area contributed by atoms with Crippen molar-refractivity contribution < 1.29 is 23.6 Å². The normalized spacial score (nSPS) is 12.9. The zero-order valence-corrected chi connectivity index (χ0v) is 25.1. The maximum Gasteiger partial charge on any atom is 0.338 e. The number of hydrogen-bond acceptors (Lipinski definition) is 9. The molecule has 0 saturated heterocycles. The number of carboxylic acids is 1. The van der Waals surface area contributed by atoms with Gasteiger partial charge in [-0.05, 0) is 69.5 Å². The predicted molar refractivity (Wildman–Crippen MR) is 156 cm³/mol. The van der Waals surface area contributed by atoms with Crippen LogP contribution < -0.4 is 10.6 Å². The number of thioether (sulfide) groups is 1. The molecule has 0 amide bonds. The first-order chi connectivity index (χ1) is 18.1. The highest BCUT2D eigenvalue weighted by Gasteiger charge is 2.14. The summed E-state index contributed by atoms with van der Waals surface area (Å²) >= 11 is 1.65. The van der Waals surface area contributed by atoms with E-state index >= 15 is 0 Å². The number of aromatic nitrogens is 2. The van der Waals surface area contributed by atoms with Crippen LogP contribution in [-0.2, 0) is 15.5 Å². The number of methoxy groups -OCH3 is 1. The molecule has 0 aliphatic rings. The third-order valence-electron chi connectivity index (χ3n) is 5.36. The van der Waals surface area contributed by atoms with Crippen LogP contribution in [0, 0.1) is 0 Å². The molecule has 0 spiro atoms. The molecule has 0 aliphatic heterocycles. The van der Waals surface area contributed by atoms with Gasteiger partial charge in [0.25, 0.3) is 0 Å². The Kier molecular flexibility index (Phi) is 15.6. The van der Waals surface area contributed by atoms with Gasteiger partial charge >= 0.3 is 11.9 Å². The van der Waals surface area contributed by atoms with E-state index in [0.717, 1.165) is 42.3 Å². The summed E-state index contributed by atoms with van der Waals surface area (Å²) < 4.78 is 16.7. The summed E-state index contributed by atoms with van der Waals surface area (Å²) in [5, 5.41) is 16.7. The van der Waals surface area contributed by atoms with Gasteiger partial charge in [0.2, 0.25) is 0 Å². The maximum atomic E-state index is 12.0. The lowest BCUT2D eigenvalue weighted by molar-refractivity contribution is 0.0599. The molecule has 3 N–H and O–H groups in total. The van der Waals surface area contributed by atoms with E-state index in [1.807, 2.05) is 20.8 Å². The molecule has 0 fully saturated rings. The molecule has 38 heavy (non-hydrogen) atoms. The third kappa shape index (κ3) is 11.8. The molecule has 3 unspecified atom stereocenters. The molecule has 2 heterocycles. The van der Waals surface area contributed by atoms with Gasteiger partial charge < -0.3 is 20.5 Å². The minimum Gasteiger partial charge on any atom is -0.478 e. The molecule has 9 nitrogen and oxygen atoms in total. The highest BCUT2D eigenvalue weighted by molar-refractivity contribution is 7.99. The Bertz CT molecular complexity index is 1070. The lowest BCUT2D eigenvalue weighted by Gasteiger charge is -2.14. The molecule has 2 aromatic rings. The fourth-order valence-corrected chi connectivity index (χ4v) is 4.74. The summed E-state index contributed by atoms with van der Waals surface area (Å²) in [7, 11) is 0.141. The van der Waals surface area contributed by atoms with Crippen LogP contribution in [0.5, 0.6) is 0 Å². The Morgan fingerprint density at radius 3 is 2.03 bits per heavy atom. The average molecular weight is 567 g/mol. The summed E-state index contributed by atoms with van der Waals surface area (Å²) in [6.45, 7) is 12.2. The molecular weight excluding hydrogens is 524 g/mol. The van der Waals surface area contributed by atoms with Crippen molar-refractivity contribution >= 4 is 46.1 Å². The van der Waals surface area contributed by atoms with E-state index < -0.39 is 16.8 Å². The van der Waals surface area contributed by atoms with Crippen LogP contribution >= 0.6 is 11.8 Å². The first kappa shape index (κ1) is 33.4. The van der Waals surface area contributed by atoms with E-state index in [4.69, 9.17) is 9.84 Å². The minimum absolute atomic E-state index is 0.111. The molecule has 212 valence electrons. The summed E-state index contributed by atoms with van der Waals surface area (Å²) in [6.07, 6.45) is 3.73. The zero-order valence-electron chi connectivity index (χ0n) is 23.5. The van der Waals surface area contributed by atoms with E-state index in [1.54, 1.807) is 23.9 Å². The molecule has 2 aromatic heterocycles. The Morgan fingerprint density at radius 2 is 1.53 bits per heavy atom. The van der Waals surface area contributed by atoms with Gasteiger partial charge in [0, 0.05) is 17.8 Å². The van der Waals surface area contributed by atoms with Crippen LogP contribution in [0.3, 0.4) is 0 Å². The largest absolute Gasteiger partial charge is 0.478 e. The number of ether oxygens (including phenoxy) is 1. The first-order valence-electron chi connectivity index (χ1n) is 13.0. The Morgan fingerprint density at radius 1 is 0.947 bits per heavy atom. The van der Waals surface area contributed by atoms with Crippen LogP contribution in [0.25, 0.3) is 0 Å². The number of nitrogens with zero attached hydrogens (tertiary/aromatic N) is 2. The van der Waals surface area contributed by atoms with Crippen LogP contribution in [0.4, 0.5) is 11.6 Å². The maximum absolute atomic E-state index is 12.0. The number of esters is 1. The smallest absolute Gasteiger partial charge is 0.338 e. The fraction of sp³-hybridized carbons (Fsp3) is 0.556. The SMILES string of the molecule is CCCS(=O)c1cc(C(=O)O)cc(NC(C)CC)n1.CCCSc1cc(C(=O)OC)cc(NC(C)CC)n1. The van der Waals surface area contributed by atoms with Crippen molar-refractivity contribution in [3.63, 3.8) is 0 Å². The van der Waals surface area contributed by atoms with E-state index in [2.05, 4.69) is 41.4 Å². The van der Waals surface area contributed by atoms with E-state index in [0.29, 0.717) is 28.2 Å². The van der Waals surface area contributed by atoms with Gasteiger partial charge in [0.05, 0.1) is 34.1 Å². The molecule has 0 saturated carbocycles. The van der Waals surface area contributed by atoms with Gasteiger partial charge in [-0.2, -0.15) is 0 Å². The summed E-state index contributed by atoms with van der Waals surface area (Å²) in [5.41, 5.74) is 0.655. The highest BCUT2D eigenvalue weighted by atomic mass is 32.2. The number of carbonyl (C=O) groups excluding carboxylic acids is 1. The summed E-state index contributed by atoms with van der Waals surface area (Å²) in [6, 6.07) is 6.90. The third-order valence-corrected chi connectivity index (χ3v) is 7.93. The van der Waals surface area contributed by atoms with Crippen LogP contribution in [0.15, 0.2) is 34.3 Å². The zero-order chi connectivity index (χ0) is 28.7. The van der Waals surface area contributed by atoms with Gasteiger partial charge in [-0.3, -0.25) is 4.21 Å². The predicted octanol–water partition coefficient (Wildman–Crippen LogP) is 6.09. The first-order valence-corrected chi connectivity index (χ1v) is 15.3. The van der Waals surface area contributed by atoms with Crippen LogP contribution in [-0.4, -0.2) is 61.9 Å². The van der Waals surface area contributed by atoms with Crippen LogP contribution in [0.2, 0.25) is 0 Å². The van der Waals surface area contributed by atoms with Crippen molar-refractivity contribution in [3.8, 4) is 0 Å². The van der Waals surface area contributed by atoms with Gasteiger partial charge in [0.15, 0.2) is 0 Å². The van der Waals surface area contributed by atoms with Gasteiger partial charge in [-0.1, -0.05) is 27.7 Å². The van der Waals surface area contributed by atoms with Crippen molar-refractivity contribution in [2.75, 3.05) is 29.2 Å². The Labute approximate surface area is 233 Å². The number of carbonyl (C=O) groups is 2. The van der Waals surface area contributed by atoms with Crippen molar-refractivity contribution in [1.82, 2.24) is 9.97 Å². The van der Waals surface area contributed by atoms with E-state index in [1.165, 1.54) is 19.2 Å². The Balaban J connectivity index is 0.000000380. The quantitative estimate of drug-likeness (QED) is 0.182. The summed E-state index contributed by atoms with van der Waals surface area (Å²) in [5.74, 6) is 1.31. The van der Waals surface area contributed by atoms with E-state index in [9.17, 15) is 13.8 Å². The molecular formula is C27H42N4O5S2. The van der Waals surface area contributed by atoms with Crippen molar-refractivity contribution in [2.45, 2.75) is 89.4 Å². The number of nitrogens with one attached hydrogen (secondary N) is 2. The van der Waals surface area contributed by atoms with E-state index in [-0.39, 0.29) is 17.6 Å². The van der Waals surface area contributed by atoms with Crippen molar-refractivity contribution in [1.29, 1.82) is 0 Å². The molecule has 0 bridgehead atoms. The topological polar surface area (TPSA) is 131 Å². The fourth-order valence-electron chi connectivity index (χ4n) is 2.91. The minimum atomic E-state index is -1.25.